The number of benzene rings is 2. The lowest BCUT2D eigenvalue weighted by Gasteiger charge is -2.18. The number of hydrogen-bond donors (Lipinski definition) is 1. The van der Waals surface area contributed by atoms with Gasteiger partial charge in [0.2, 0.25) is 10.0 Å². The fourth-order valence-electron chi connectivity index (χ4n) is 2.76. The molecule has 0 spiro atoms. The number of nitrogens with zero attached hydrogens (tertiary/aromatic N) is 2. The van der Waals surface area contributed by atoms with Crippen molar-refractivity contribution < 1.29 is 13.2 Å². The van der Waals surface area contributed by atoms with Crippen molar-refractivity contribution in [1.29, 1.82) is 0 Å². The minimum Gasteiger partial charge on any atom is -0.348 e. The van der Waals surface area contributed by atoms with Gasteiger partial charge in [0, 0.05) is 32.7 Å². The second-order valence-electron chi connectivity index (χ2n) is 6.78. The highest BCUT2D eigenvalue weighted by Gasteiger charge is 2.18. The SMILES string of the molecule is CCN(CC)Cc1ccc(CNC(=O)c2cccc(S(=O)(=O)N(C)C)c2)cc1. The minimum atomic E-state index is -3.57. The molecule has 0 bridgehead atoms. The summed E-state index contributed by atoms with van der Waals surface area (Å²) in [6.45, 7) is 7.61. The number of sulfonamides is 1. The van der Waals surface area contributed by atoms with Crippen molar-refractivity contribution in [2.45, 2.75) is 31.8 Å². The zero-order chi connectivity index (χ0) is 20.7. The van der Waals surface area contributed by atoms with E-state index in [9.17, 15) is 13.2 Å². The molecule has 2 aromatic rings. The Kier molecular flexibility index (Phi) is 7.74. The lowest BCUT2D eigenvalue weighted by molar-refractivity contribution is 0.0950. The summed E-state index contributed by atoms with van der Waals surface area (Å²) in [6.07, 6.45) is 0. The average molecular weight is 404 g/mol. The fourth-order valence-corrected chi connectivity index (χ4v) is 3.71. The van der Waals surface area contributed by atoms with Crippen molar-refractivity contribution in [3.8, 4) is 0 Å². The van der Waals surface area contributed by atoms with Gasteiger partial charge >= 0.3 is 0 Å². The maximum Gasteiger partial charge on any atom is 0.251 e. The molecule has 0 atom stereocenters. The van der Waals surface area contributed by atoms with E-state index in [4.69, 9.17) is 0 Å². The van der Waals surface area contributed by atoms with Gasteiger partial charge in [-0.2, -0.15) is 0 Å². The van der Waals surface area contributed by atoms with Crippen LogP contribution in [0.1, 0.15) is 35.3 Å². The molecule has 0 saturated carbocycles. The van der Waals surface area contributed by atoms with Crippen LogP contribution < -0.4 is 5.32 Å². The Hall–Kier alpha value is -2.22. The number of rotatable bonds is 9. The highest BCUT2D eigenvalue weighted by molar-refractivity contribution is 7.89. The van der Waals surface area contributed by atoms with Gasteiger partial charge < -0.3 is 5.32 Å². The maximum atomic E-state index is 12.4. The van der Waals surface area contributed by atoms with Gasteiger partial charge in [-0.05, 0) is 42.4 Å². The standard InChI is InChI=1S/C21H29N3O3S/c1-5-24(6-2)16-18-12-10-17(11-13-18)15-22-21(25)19-8-7-9-20(14-19)28(26,27)23(3)4/h7-14H,5-6,15-16H2,1-4H3,(H,22,25). The van der Waals surface area contributed by atoms with Crippen LogP contribution in [0.4, 0.5) is 0 Å². The molecule has 1 amide bonds. The third-order valence-electron chi connectivity index (χ3n) is 4.65. The van der Waals surface area contributed by atoms with Gasteiger partial charge in [-0.25, -0.2) is 12.7 Å². The molecule has 0 aromatic heterocycles. The largest absolute Gasteiger partial charge is 0.348 e. The van der Waals surface area contributed by atoms with Crippen LogP contribution in [0.5, 0.6) is 0 Å². The molecule has 0 aliphatic carbocycles. The number of carbonyl (C=O) groups excluding carboxylic acids is 1. The highest BCUT2D eigenvalue weighted by atomic mass is 32.2. The van der Waals surface area contributed by atoms with Gasteiger partial charge in [-0.3, -0.25) is 9.69 Å². The van der Waals surface area contributed by atoms with Crippen LogP contribution in [0.2, 0.25) is 0 Å². The van der Waals surface area contributed by atoms with E-state index < -0.39 is 10.0 Å². The van der Waals surface area contributed by atoms with E-state index in [0.29, 0.717) is 12.1 Å². The lowest BCUT2D eigenvalue weighted by atomic mass is 10.1. The molecule has 0 saturated heterocycles. The molecule has 6 nitrogen and oxygen atoms in total. The summed E-state index contributed by atoms with van der Waals surface area (Å²) in [5, 5.41) is 2.85. The number of carbonyl (C=O) groups is 1. The molecule has 0 aliphatic heterocycles. The van der Waals surface area contributed by atoms with Crippen LogP contribution in [0.3, 0.4) is 0 Å². The Bertz CT molecular complexity index is 889. The van der Waals surface area contributed by atoms with E-state index in [1.807, 2.05) is 12.1 Å². The first-order chi connectivity index (χ1) is 13.3. The summed E-state index contributed by atoms with van der Waals surface area (Å²) in [7, 11) is -0.641. The number of amides is 1. The first kappa shape index (κ1) is 22.1. The van der Waals surface area contributed by atoms with Gasteiger partial charge in [0.25, 0.3) is 5.91 Å². The van der Waals surface area contributed by atoms with Crippen molar-refractivity contribution in [2.75, 3.05) is 27.2 Å². The van der Waals surface area contributed by atoms with E-state index in [1.165, 1.54) is 31.8 Å². The zero-order valence-corrected chi connectivity index (χ0v) is 17.8. The minimum absolute atomic E-state index is 0.103. The number of nitrogens with one attached hydrogen (secondary N) is 1. The maximum absolute atomic E-state index is 12.4. The Morgan fingerprint density at radius 2 is 1.57 bits per heavy atom. The van der Waals surface area contributed by atoms with Crippen LogP contribution >= 0.6 is 0 Å². The van der Waals surface area contributed by atoms with Crippen molar-refractivity contribution in [3.63, 3.8) is 0 Å². The van der Waals surface area contributed by atoms with Crippen molar-refractivity contribution >= 4 is 15.9 Å². The third-order valence-corrected chi connectivity index (χ3v) is 6.46. The summed E-state index contributed by atoms with van der Waals surface area (Å²) in [6, 6.07) is 14.2. The van der Waals surface area contributed by atoms with Crippen LogP contribution in [0, 0.1) is 0 Å². The Morgan fingerprint density at radius 1 is 0.964 bits per heavy atom. The van der Waals surface area contributed by atoms with Crippen molar-refractivity contribution in [3.05, 3.63) is 65.2 Å². The first-order valence-corrected chi connectivity index (χ1v) is 10.8. The Balaban J connectivity index is 2.01. The molecule has 0 heterocycles. The molecule has 7 heteroatoms. The highest BCUT2D eigenvalue weighted by Crippen LogP contribution is 2.15. The summed E-state index contributed by atoms with van der Waals surface area (Å²) in [5.41, 5.74) is 2.55. The van der Waals surface area contributed by atoms with E-state index in [-0.39, 0.29) is 10.8 Å². The number of hydrogen-bond acceptors (Lipinski definition) is 4. The van der Waals surface area contributed by atoms with Crippen LogP contribution in [-0.4, -0.2) is 50.7 Å². The Morgan fingerprint density at radius 3 is 2.14 bits per heavy atom. The summed E-state index contributed by atoms with van der Waals surface area (Å²) in [4.78, 5) is 14.9. The molecule has 0 unspecified atom stereocenters. The second-order valence-corrected chi connectivity index (χ2v) is 8.93. The molecule has 152 valence electrons. The van der Waals surface area contributed by atoms with Gasteiger partial charge in [0.05, 0.1) is 4.90 Å². The van der Waals surface area contributed by atoms with Gasteiger partial charge in [0.15, 0.2) is 0 Å². The third kappa shape index (κ3) is 5.64. The molecule has 2 rings (SSSR count). The van der Waals surface area contributed by atoms with E-state index in [2.05, 4.69) is 36.2 Å². The molecule has 1 N–H and O–H groups in total. The summed E-state index contributed by atoms with van der Waals surface area (Å²) >= 11 is 0. The summed E-state index contributed by atoms with van der Waals surface area (Å²) in [5.74, 6) is -0.303. The van der Waals surface area contributed by atoms with Crippen LogP contribution in [0.15, 0.2) is 53.4 Å². The first-order valence-electron chi connectivity index (χ1n) is 9.38. The predicted octanol–water partition coefficient (Wildman–Crippen LogP) is 2.71. The lowest BCUT2D eigenvalue weighted by Crippen LogP contribution is -2.25. The molecule has 0 fully saturated rings. The predicted molar refractivity (Wildman–Crippen MR) is 112 cm³/mol. The molecule has 0 aliphatic rings. The van der Waals surface area contributed by atoms with E-state index in [1.54, 1.807) is 12.1 Å². The molecule has 0 radical (unpaired) electrons. The normalized spacial score (nSPS) is 11.8. The Labute approximate surface area is 168 Å². The van der Waals surface area contributed by atoms with Crippen molar-refractivity contribution in [2.24, 2.45) is 0 Å². The molecular formula is C21H29N3O3S. The van der Waals surface area contributed by atoms with E-state index >= 15 is 0 Å². The van der Waals surface area contributed by atoms with Gasteiger partial charge in [-0.1, -0.05) is 44.2 Å². The summed E-state index contributed by atoms with van der Waals surface area (Å²) < 4.78 is 25.6. The quantitative estimate of drug-likeness (QED) is 0.699. The van der Waals surface area contributed by atoms with E-state index in [0.717, 1.165) is 29.5 Å². The molecular weight excluding hydrogens is 374 g/mol. The monoisotopic (exact) mass is 403 g/mol. The second kappa shape index (κ2) is 9.82. The topological polar surface area (TPSA) is 69.7 Å². The van der Waals surface area contributed by atoms with Gasteiger partial charge in [-0.15, -0.1) is 0 Å². The van der Waals surface area contributed by atoms with Crippen LogP contribution in [-0.2, 0) is 23.1 Å². The van der Waals surface area contributed by atoms with Gasteiger partial charge in [0.1, 0.15) is 0 Å². The average Bonchev–Trinajstić information content (AvgIpc) is 2.71. The molecule has 28 heavy (non-hydrogen) atoms. The van der Waals surface area contributed by atoms with Crippen molar-refractivity contribution in [1.82, 2.24) is 14.5 Å². The molecule has 2 aromatic carbocycles. The fraction of sp³-hybridized carbons (Fsp3) is 0.381. The smallest absolute Gasteiger partial charge is 0.251 e. The van der Waals surface area contributed by atoms with Crippen LogP contribution in [0.25, 0.3) is 0 Å². The zero-order valence-electron chi connectivity index (χ0n) is 17.0.